The third kappa shape index (κ3) is 3.69. The van der Waals surface area contributed by atoms with Gasteiger partial charge in [-0.1, -0.05) is 0 Å². The van der Waals surface area contributed by atoms with Crippen LogP contribution in [0.2, 0.25) is 0 Å². The molecule has 1 aliphatic rings. The second-order valence-electron chi connectivity index (χ2n) is 6.67. The van der Waals surface area contributed by atoms with Gasteiger partial charge in [0.05, 0.1) is 17.6 Å². The number of nitrogens with one attached hydrogen (secondary N) is 1. The van der Waals surface area contributed by atoms with Crippen LogP contribution in [0.15, 0.2) is 41.8 Å². The summed E-state index contributed by atoms with van der Waals surface area (Å²) in [6.07, 6.45) is 5.21. The van der Waals surface area contributed by atoms with Crippen molar-refractivity contribution in [1.29, 1.82) is 0 Å². The third-order valence-electron chi connectivity index (χ3n) is 4.59. The van der Waals surface area contributed by atoms with Crippen LogP contribution < -0.4 is 0 Å². The SMILES string of the molecule is CS(=O)(=O)c1ncc2c(n1)CCN(Cc1cn[nH]c1-c1ccc(O)cc1)C2. The summed E-state index contributed by atoms with van der Waals surface area (Å²) >= 11 is 0. The minimum atomic E-state index is -3.40. The van der Waals surface area contributed by atoms with Gasteiger partial charge in [-0.05, 0) is 24.3 Å². The lowest BCUT2D eigenvalue weighted by molar-refractivity contribution is 0.242. The summed E-state index contributed by atoms with van der Waals surface area (Å²) < 4.78 is 23.3. The van der Waals surface area contributed by atoms with E-state index in [0.29, 0.717) is 19.5 Å². The van der Waals surface area contributed by atoms with Crippen molar-refractivity contribution >= 4 is 9.84 Å². The van der Waals surface area contributed by atoms with E-state index in [1.807, 2.05) is 12.1 Å². The summed E-state index contributed by atoms with van der Waals surface area (Å²) in [5.41, 5.74) is 4.68. The first kappa shape index (κ1) is 17.6. The Bertz CT molecular complexity index is 1080. The average Bonchev–Trinajstić information content (AvgIpc) is 3.09. The Morgan fingerprint density at radius 2 is 2.00 bits per heavy atom. The summed E-state index contributed by atoms with van der Waals surface area (Å²) in [5, 5.41) is 16.5. The number of aromatic amines is 1. The lowest BCUT2D eigenvalue weighted by atomic mass is 10.0. The van der Waals surface area contributed by atoms with Gasteiger partial charge in [-0.25, -0.2) is 18.4 Å². The molecule has 8 nitrogen and oxygen atoms in total. The van der Waals surface area contributed by atoms with Gasteiger partial charge in [-0.15, -0.1) is 0 Å². The monoisotopic (exact) mass is 385 g/mol. The minimum absolute atomic E-state index is 0.112. The van der Waals surface area contributed by atoms with Crippen molar-refractivity contribution in [2.24, 2.45) is 0 Å². The smallest absolute Gasteiger partial charge is 0.246 e. The minimum Gasteiger partial charge on any atom is -0.508 e. The number of nitrogens with zero attached hydrogens (tertiary/aromatic N) is 4. The van der Waals surface area contributed by atoms with Gasteiger partial charge in [0.2, 0.25) is 15.0 Å². The summed E-state index contributed by atoms with van der Waals surface area (Å²) in [6.45, 7) is 2.12. The third-order valence-corrected chi connectivity index (χ3v) is 5.45. The maximum absolute atomic E-state index is 11.6. The van der Waals surface area contributed by atoms with E-state index in [9.17, 15) is 13.5 Å². The molecular weight excluding hydrogens is 366 g/mol. The van der Waals surface area contributed by atoms with E-state index in [1.54, 1.807) is 24.5 Å². The van der Waals surface area contributed by atoms with Crippen LogP contribution in [0.5, 0.6) is 5.75 Å². The van der Waals surface area contributed by atoms with Crippen molar-refractivity contribution in [3.05, 3.63) is 53.5 Å². The predicted molar refractivity (Wildman–Crippen MR) is 98.6 cm³/mol. The number of phenolic OH excluding ortho intramolecular Hbond substituents is 1. The summed E-state index contributed by atoms with van der Waals surface area (Å²) in [4.78, 5) is 10.5. The van der Waals surface area contributed by atoms with Crippen LogP contribution in [0, 0.1) is 0 Å². The molecule has 0 saturated carbocycles. The zero-order chi connectivity index (χ0) is 19.0. The van der Waals surface area contributed by atoms with Crippen LogP contribution in [0.3, 0.4) is 0 Å². The maximum Gasteiger partial charge on any atom is 0.246 e. The van der Waals surface area contributed by atoms with Crippen molar-refractivity contribution in [1.82, 2.24) is 25.1 Å². The normalized spacial score (nSPS) is 14.9. The number of aromatic nitrogens is 4. The summed E-state index contributed by atoms with van der Waals surface area (Å²) in [5.74, 6) is 0.223. The Kier molecular flexibility index (Phi) is 4.40. The molecule has 0 amide bonds. The number of fused-ring (bicyclic) bond motifs is 1. The van der Waals surface area contributed by atoms with E-state index in [2.05, 4.69) is 25.1 Å². The Labute approximate surface area is 156 Å². The first-order valence-electron chi connectivity index (χ1n) is 8.49. The van der Waals surface area contributed by atoms with Crippen LogP contribution in [-0.2, 0) is 29.3 Å². The lowest BCUT2D eigenvalue weighted by Crippen LogP contribution is -2.31. The van der Waals surface area contributed by atoms with E-state index < -0.39 is 9.84 Å². The molecule has 1 aliphatic heterocycles. The molecule has 4 rings (SSSR count). The molecule has 0 atom stereocenters. The van der Waals surface area contributed by atoms with E-state index in [0.717, 1.165) is 40.9 Å². The Morgan fingerprint density at radius 1 is 1.22 bits per heavy atom. The molecule has 0 spiro atoms. The molecule has 9 heteroatoms. The number of rotatable bonds is 4. The second-order valence-corrected chi connectivity index (χ2v) is 8.58. The zero-order valence-electron chi connectivity index (χ0n) is 14.8. The fourth-order valence-corrected chi connectivity index (χ4v) is 3.74. The molecular formula is C18H19N5O3S. The number of aromatic hydroxyl groups is 1. The van der Waals surface area contributed by atoms with Crippen LogP contribution in [0.25, 0.3) is 11.3 Å². The van der Waals surface area contributed by atoms with E-state index in [4.69, 9.17) is 0 Å². The first-order chi connectivity index (χ1) is 12.9. The van der Waals surface area contributed by atoms with Gasteiger partial charge in [0.15, 0.2) is 0 Å². The standard InChI is InChI=1S/C18H19N5O3S/c1-27(25,26)18-19-8-13-10-23(7-6-16(13)21-18)11-14-9-20-22-17(14)12-2-4-15(24)5-3-12/h2-5,8-9,24H,6-7,10-11H2,1H3,(H,20,22). The topological polar surface area (TPSA) is 112 Å². The van der Waals surface area contributed by atoms with Gasteiger partial charge in [-0.2, -0.15) is 5.10 Å². The van der Waals surface area contributed by atoms with Gasteiger partial charge in [-0.3, -0.25) is 10.00 Å². The highest BCUT2D eigenvalue weighted by Gasteiger charge is 2.22. The molecule has 0 radical (unpaired) electrons. The number of sulfone groups is 1. The van der Waals surface area contributed by atoms with Crippen molar-refractivity contribution in [3.63, 3.8) is 0 Å². The quantitative estimate of drug-likeness (QED) is 0.655. The van der Waals surface area contributed by atoms with Crippen molar-refractivity contribution in [2.45, 2.75) is 24.7 Å². The second kappa shape index (κ2) is 6.75. The first-order valence-corrected chi connectivity index (χ1v) is 10.4. The Hall–Kier alpha value is -2.78. The van der Waals surface area contributed by atoms with Gasteiger partial charge < -0.3 is 5.11 Å². The van der Waals surface area contributed by atoms with Crippen molar-refractivity contribution in [3.8, 4) is 17.0 Å². The number of benzene rings is 1. The molecule has 2 N–H and O–H groups in total. The predicted octanol–water partition coefficient (Wildman–Crippen LogP) is 1.53. The molecule has 0 unspecified atom stereocenters. The number of phenols is 1. The van der Waals surface area contributed by atoms with Crippen molar-refractivity contribution in [2.75, 3.05) is 12.8 Å². The summed E-state index contributed by atoms with van der Waals surface area (Å²) in [6, 6.07) is 6.98. The Balaban J connectivity index is 1.53. The van der Waals surface area contributed by atoms with E-state index in [1.165, 1.54) is 0 Å². The largest absolute Gasteiger partial charge is 0.508 e. The molecule has 3 aromatic rings. The summed E-state index contributed by atoms with van der Waals surface area (Å²) in [7, 11) is -3.40. The highest BCUT2D eigenvalue weighted by atomic mass is 32.2. The van der Waals surface area contributed by atoms with Gasteiger partial charge >= 0.3 is 0 Å². The molecule has 140 valence electrons. The van der Waals surface area contributed by atoms with Gasteiger partial charge in [0.25, 0.3) is 0 Å². The molecule has 0 aliphatic carbocycles. The van der Waals surface area contributed by atoms with Gasteiger partial charge in [0.1, 0.15) is 5.75 Å². The fourth-order valence-electron chi connectivity index (χ4n) is 3.22. The number of hydrogen-bond donors (Lipinski definition) is 2. The number of hydrogen-bond acceptors (Lipinski definition) is 7. The van der Waals surface area contributed by atoms with Crippen LogP contribution in [0.1, 0.15) is 16.8 Å². The molecule has 3 heterocycles. The zero-order valence-corrected chi connectivity index (χ0v) is 15.6. The molecule has 27 heavy (non-hydrogen) atoms. The lowest BCUT2D eigenvalue weighted by Gasteiger charge is -2.27. The maximum atomic E-state index is 11.6. The van der Waals surface area contributed by atoms with Crippen LogP contribution in [-0.4, -0.2) is 51.4 Å². The fraction of sp³-hybridized carbons (Fsp3) is 0.278. The average molecular weight is 385 g/mol. The number of H-pyrrole nitrogens is 1. The van der Waals surface area contributed by atoms with Crippen LogP contribution >= 0.6 is 0 Å². The van der Waals surface area contributed by atoms with Crippen molar-refractivity contribution < 1.29 is 13.5 Å². The molecule has 0 bridgehead atoms. The van der Waals surface area contributed by atoms with Crippen LogP contribution in [0.4, 0.5) is 0 Å². The highest BCUT2D eigenvalue weighted by molar-refractivity contribution is 7.90. The van der Waals surface area contributed by atoms with E-state index >= 15 is 0 Å². The van der Waals surface area contributed by atoms with E-state index in [-0.39, 0.29) is 10.9 Å². The molecule has 0 saturated heterocycles. The van der Waals surface area contributed by atoms with Gasteiger partial charge in [0, 0.05) is 55.2 Å². The molecule has 2 aromatic heterocycles. The molecule has 1 aromatic carbocycles. The highest BCUT2D eigenvalue weighted by Crippen LogP contribution is 2.26. The Morgan fingerprint density at radius 3 is 2.74 bits per heavy atom. The molecule has 0 fully saturated rings.